The average Bonchev–Trinajstić information content (AvgIpc) is 3.35. The molecule has 0 saturated heterocycles. The second kappa shape index (κ2) is 8.31. The minimum Gasteiger partial charge on any atom is -0.360 e. The zero-order valence-corrected chi connectivity index (χ0v) is 18.4. The summed E-state index contributed by atoms with van der Waals surface area (Å²) in [4.78, 5) is 44.5. The molecule has 2 aromatic carbocycles. The quantitative estimate of drug-likeness (QED) is 0.582. The van der Waals surface area contributed by atoms with E-state index in [4.69, 9.17) is 0 Å². The van der Waals surface area contributed by atoms with Crippen molar-refractivity contribution in [2.24, 2.45) is 0 Å². The predicted octanol–water partition coefficient (Wildman–Crippen LogP) is 4.63. The Hall–Kier alpha value is -3.74. The van der Waals surface area contributed by atoms with Crippen molar-refractivity contribution in [2.75, 3.05) is 19.6 Å². The molecule has 1 N–H and O–H groups in total. The highest BCUT2D eigenvalue weighted by atomic mass is 19.1. The molecule has 0 fully saturated rings. The van der Waals surface area contributed by atoms with Crippen LogP contribution in [0.3, 0.4) is 0 Å². The zero-order chi connectivity index (χ0) is 23.1. The number of rotatable bonds is 5. The topological polar surface area (TPSA) is 73.5 Å². The highest BCUT2D eigenvalue weighted by molar-refractivity contribution is 6.22. The van der Waals surface area contributed by atoms with Gasteiger partial charge in [-0.2, -0.15) is 0 Å². The first kappa shape index (κ1) is 21.1. The van der Waals surface area contributed by atoms with E-state index in [9.17, 15) is 18.8 Å². The van der Waals surface area contributed by atoms with Crippen molar-refractivity contribution in [1.29, 1.82) is 0 Å². The maximum atomic E-state index is 13.5. The van der Waals surface area contributed by atoms with Gasteiger partial charge in [-0.15, -0.1) is 0 Å². The number of H-pyrrole nitrogens is 1. The van der Waals surface area contributed by atoms with Gasteiger partial charge in [-0.05, 0) is 54.8 Å². The Morgan fingerprint density at radius 3 is 2.64 bits per heavy atom. The fourth-order valence-corrected chi connectivity index (χ4v) is 4.59. The molecule has 0 unspecified atom stereocenters. The number of halogens is 1. The summed E-state index contributed by atoms with van der Waals surface area (Å²) >= 11 is 0. The number of nitrogens with one attached hydrogen (secondary N) is 1. The number of nitrogens with zero attached hydrogens (tertiary/aromatic N) is 2. The van der Waals surface area contributed by atoms with Crippen LogP contribution in [0.15, 0.2) is 48.7 Å². The summed E-state index contributed by atoms with van der Waals surface area (Å²) in [5.41, 5.74) is 3.95. The Bertz CT molecular complexity index is 1320. The number of carbonyl (C=O) groups excluding carboxylic acids is 3. The maximum absolute atomic E-state index is 13.5. The van der Waals surface area contributed by atoms with Crippen LogP contribution in [-0.2, 0) is 0 Å². The summed E-state index contributed by atoms with van der Waals surface area (Å²) in [6, 6.07) is 9.45. The van der Waals surface area contributed by atoms with Gasteiger partial charge >= 0.3 is 0 Å². The first-order valence-corrected chi connectivity index (χ1v) is 11.2. The van der Waals surface area contributed by atoms with E-state index >= 15 is 0 Å². The molecule has 168 valence electrons. The lowest BCUT2D eigenvalue weighted by molar-refractivity contribution is 0.0652. The van der Waals surface area contributed by atoms with Gasteiger partial charge in [0.2, 0.25) is 0 Å². The van der Waals surface area contributed by atoms with Crippen molar-refractivity contribution in [3.8, 4) is 0 Å². The molecule has 0 radical (unpaired) electrons. The highest BCUT2D eigenvalue weighted by Gasteiger charge is 2.35. The molecule has 1 aromatic heterocycles. The zero-order valence-electron chi connectivity index (χ0n) is 18.4. The molecule has 0 spiro atoms. The third-order valence-electron chi connectivity index (χ3n) is 6.44. The van der Waals surface area contributed by atoms with Gasteiger partial charge in [0.1, 0.15) is 5.82 Å². The molecule has 0 aliphatic carbocycles. The Morgan fingerprint density at radius 1 is 1.06 bits per heavy atom. The Balaban J connectivity index is 1.34. The number of carbonyl (C=O) groups is 3. The molecule has 5 rings (SSSR count). The van der Waals surface area contributed by atoms with Crippen LogP contribution in [0.2, 0.25) is 0 Å². The van der Waals surface area contributed by atoms with E-state index in [0.717, 1.165) is 34.9 Å². The number of hydrogen-bond acceptors (Lipinski definition) is 3. The standard InChI is InChI=1S/C26H24FN3O3/c1-2-3-10-30-25(32)20-6-4-17(13-21(20)26(30)33)24(31)29-11-8-16(9-12-29)22-15-28-23-14-18(27)5-7-19(22)23/h4-8,13-15,28H,2-3,9-12H2,1H3. The Labute approximate surface area is 190 Å². The summed E-state index contributed by atoms with van der Waals surface area (Å²) in [5, 5.41) is 0.955. The summed E-state index contributed by atoms with van der Waals surface area (Å²) in [6.45, 7) is 3.37. The summed E-state index contributed by atoms with van der Waals surface area (Å²) in [6.07, 6.45) is 6.20. The molecule has 3 aromatic rings. The third kappa shape index (κ3) is 3.63. The number of benzene rings is 2. The van der Waals surface area contributed by atoms with Crippen LogP contribution in [0.4, 0.5) is 4.39 Å². The molecule has 6 nitrogen and oxygen atoms in total. The largest absolute Gasteiger partial charge is 0.360 e. The van der Waals surface area contributed by atoms with Gasteiger partial charge < -0.3 is 9.88 Å². The number of fused-ring (bicyclic) bond motifs is 2. The smallest absolute Gasteiger partial charge is 0.261 e. The molecule has 33 heavy (non-hydrogen) atoms. The van der Waals surface area contributed by atoms with Gasteiger partial charge in [-0.25, -0.2) is 4.39 Å². The van der Waals surface area contributed by atoms with E-state index in [1.807, 2.05) is 19.2 Å². The second-order valence-corrected chi connectivity index (χ2v) is 8.50. The van der Waals surface area contributed by atoms with Crippen molar-refractivity contribution < 1.29 is 18.8 Å². The van der Waals surface area contributed by atoms with Crippen LogP contribution >= 0.6 is 0 Å². The van der Waals surface area contributed by atoms with Gasteiger partial charge in [0.15, 0.2) is 0 Å². The maximum Gasteiger partial charge on any atom is 0.261 e. The lowest BCUT2D eigenvalue weighted by Gasteiger charge is -2.26. The molecule has 0 atom stereocenters. The number of amides is 3. The summed E-state index contributed by atoms with van der Waals surface area (Å²) < 4.78 is 13.5. The van der Waals surface area contributed by atoms with E-state index in [1.54, 1.807) is 29.2 Å². The third-order valence-corrected chi connectivity index (χ3v) is 6.44. The molecule has 0 saturated carbocycles. The van der Waals surface area contributed by atoms with Crippen molar-refractivity contribution in [2.45, 2.75) is 26.2 Å². The van der Waals surface area contributed by atoms with Gasteiger partial charge in [0, 0.05) is 47.9 Å². The summed E-state index contributed by atoms with van der Waals surface area (Å²) in [7, 11) is 0. The minimum atomic E-state index is -0.324. The molecular formula is C26H24FN3O3. The van der Waals surface area contributed by atoms with E-state index in [1.165, 1.54) is 17.0 Å². The number of unbranched alkanes of at least 4 members (excludes halogenated alkanes) is 1. The minimum absolute atomic E-state index is 0.165. The van der Waals surface area contributed by atoms with E-state index in [-0.39, 0.29) is 23.5 Å². The normalized spacial score (nSPS) is 15.9. The van der Waals surface area contributed by atoms with Crippen LogP contribution < -0.4 is 0 Å². The Kier molecular flexibility index (Phi) is 5.32. The number of aromatic nitrogens is 1. The average molecular weight is 445 g/mol. The highest BCUT2D eigenvalue weighted by Crippen LogP contribution is 2.30. The SMILES string of the molecule is CCCCN1C(=O)c2ccc(C(=O)N3CC=C(c4c[nH]c5cc(F)ccc45)CC3)cc2C1=O. The molecule has 3 heterocycles. The Morgan fingerprint density at radius 2 is 1.88 bits per heavy atom. The van der Waals surface area contributed by atoms with Crippen LogP contribution in [-0.4, -0.2) is 52.1 Å². The predicted molar refractivity (Wildman–Crippen MR) is 123 cm³/mol. The molecule has 2 aliphatic heterocycles. The monoisotopic (exact) mass is 445 g/mol. The van der Waals surface area contributed by atoms with Crippen LogP contribution in [0.5, 0.6) is 0 Å². The van der Waals surface area contributed by atoms with Crippen LogP contribution in [0.25, 0.3) is 16.5 Å². The lowest BCUT2D eigenvalue weighted by atomic mass is 9.98. The summed E-state index contributed by atoms with van der Waals surface area (Å²) in [5.74, 6) is -1.06. The fourth-order valence-electron chi connectivity index (χ4n) is 4.59. The lowest BCUT2D eigenvalue weighted by Crippen LogP contribution is -2.34. The fraction of sp³-hybridized carbons (Fsp3) is 0.269. The number of imide groups is 1. The molecule has 3 amide bonds. The van der Waals surface area contributed by atoms with Gasteiger partial charge in [-0.1, -0.05) is 19.4 Å². The van der Waals surface area contributed by atoms with Crippen molar-refractivity contribution in [3.63, 3.8) is 0 Å². The van der Waals surface area contributed by atoms with Crippen LogP contribution in [0, 0.1) is 5.82 Å². The molecule has 0 bridgehead atoms. The van der Waals surface area contributed by atoms with Gasteiger partial charge in [0.05, 0.1) is 11.1 Å². The van der Waals surface area contributed by atoms with Gasteiger partial charge in [-0.3, -0.25) is 19.3 Å². The first-order valence-electron chi connectivity index (χ1n) is 11.2. The van der Waals surface area contributed by atoms with Crippen molar-refractivity contribution >= 4 is 34.2 Å². The van der Waals surface area contributed by atoms with E-state index in [2.05, 4.69) is 4.98 Å². The van der Waals surface area contributed by atoms with Crippen molar-refractivity contribution in [3.05, 3.63) is 76.7 Å². The molecule has 2 aliphatic rings. The van der Waals surface area contributed by atoms with Crippen LogP contribution in [0.1, 0.15) is 62.8 Å². The first-order chi connectivity index (χ1) is 16.0. The second-order valence-electron chi connectivity index (χ2n) is 8.50. The van der Waals surface area contributed by atoms with E-state index in [0.29, 0.717) is 42.7 Å². The van der Waals surface area contributed by atoms with Gasteiger partial charge in [0.25, 0.3) is 17.7 Å². The van der Waals surface area contributed by atoms with Crippen molar-refractivity contribution in [1.82, 2.24) is 14.8 Å². The molecular weight excluding hydrogens is 421 g/mol. The number of aromatic amines is 1. The van der Waals surface area contributed by atoms with E-state index < -0.39 is 0 Å². The number of hydrogen-bond donors (Lipinski definition) is 1. The molecule has 7 heteroatoms.